The van der Waals surface area contributed by atoms with Crippen LogP contribution in [0.2, 0.25) is 10.0 Å². The molecule has 0 fully saturated rings. The monoisotopic (exact) mass is 361 g/mol. The maximum Gasteiger partial charge on any atom is 0.240 e. The number of nitrogens with zero attached hydrogens (tertiary/aromatic N) is 2. The summed E-state index contributed by atoms with van der Waals surface area (Å²) in [7, 11) is 0. The molecule has 124 valence electrons. The lowest BCUT2D eigenvalue weighted by Crippen LogP contribution is -2.30. The van der Waals surface area contributed by atoms with Gasteiger partial charge in [0.15, 0.2) is 0 Å². The number of carbonyl (C=O) groups is 1. The molecule has 1 N–H and O–H groups in total. The van der Waals surface area contributed by atoms with E-state index in [2.05, 4.69) is 10.3 Å². The van der Waals surface area contributed by atoms with Gasteiger partial charge in [0.25, 0.3) is 0 Å². The molecule has 0 aliphatic heterocycles. The highest BCUT2D eigenvalue weighted by molar-refractivity contribution is 6.42. The fraction of sp³-hybridized carbons (Fsp3) is 0.222. The zero-order valence-corrected chi connectivity index (χ0v) is 14.9. The van der Waals surface area contributed by atoms with Crippen molar-refractivity contribution in [1.82, 2.24) is 14.9 Å². The molecule has 0 unspecified atom stereocenters. The van der Waals surface area contributed by atoms with Gasteiger partial charge in [-0.3, -0.25) is 4.79 Å². The Morgan fingerprint density at radius 1 is 1.21 bits per heavy atom. The van der Waals surface area contributed by atoms with Crippen molar-refractivity contribution in [2.24, 2.45) is 0 Å². The average molecular weight is 362 g/mol. The fourth-order valence-electron chi connectivity index (χ4n) is 2.69. The normalized spacial score (nSPS) is 12.3. The number of para-hydroxylation sites is 2. The van der Waals surface area contributed by atoms with Crippen LogP contribution in [0.1, 0.15) is 24.4 Å². The summed E-state index contributed by atoms with van der Waals surface area (Å²) in [6, 6.07) is 13.0. The van der Waals surface area contributed by atoms with E-state index in [9.17, 15) is 4.79 Å². The molecule has 1 heterocycles. The third-order valence-electron chi connectivity index (χ3n) is 3.97. The number of imidazole rings is 1. The summed E-state index contributed by atoms with van der Waals surface area (Å²) < 4.78 is 1.91. The molecule has 1 aromatic heterocycles. The molecule has 0 saturated heterocycles. The summed E-state index contributed by atoms with van der Waals surface area (Å²) in [6.07, 6.45) is 0. The first-order chi connectivity index (χ1) is 11.5. The van der Waals surface area contributed by atoms with Crippen LogP contribution in [0.15, 0.2) is 42.5 Å². The molecular formula is C18H17Cl2N3O. The number of rotatable bonds is 4. The van der Waals surface area contributed by atoms with Crippen molar-refractivity contribution in [2.45, 2.75) is 26.4 Å². The molecule has 4 nitrogen and oxygen atoms in total. The van der Waals surface area contributed by atoms with Crippen LogP contribution in [0, 0.1) is 6.92 Å². The second-order valence-electron chi connectivity index (χ2n) is 5.70. The van der Waals surface area contributed by atoms with Crippen molar-refractivity contribution < 1.29 is 4.79 Å². The van der Waals surface area contributed by atoms with Gasteiger partial charge in [0, 0.05) is 0 Å². The second-order valence-corrected chi connectivity index (χ2v) is 6.51. The van der Waals surface area contributed by atoms with Crippen LogP contribution in [-0.4, -0.2) is 15.5 Å². The number of hydrogen-bond acceptors (Lipinski definition) is 2. The zero-order chi connectivity index (χ0) is 17.3. The Morgan fingerprint density at radius 2 is 1.96 bits per heavy atom. The highest BCUT2D eigenvalue weighted by atomic mass is 35.5. The van der Waals surface area contributed by atoms with Crippen molar-refractivity contribution in [2.75, 3.05) is 0 Å². The van der Waals surface area contributed by atoms with Crippen LogP contribution >= 0.6 is 23.2 Å². The Hall–Kier alpha value is -2.04. The Morgan fingerprint density at radius 3 is 2.71 bits per heavy atom. The number of fused-ring (bicyclic) bond motifs is 1. The van der Waals surface area contributed by atoms with Crippen LogP contribution in [-0.2, 0) is 11.3 Å². The lowest BCUT2D eigenvalue weighted by Gasteiger charge is -2.16. The molecule has 3 rings (SSSR count). The maximum absolute atomic E-state index is 12.4. The first-order valence-electron chi connectivity index (χ1n) is 7.62. The highest BCUT2D eigenvalue weighted by Gasteiger charge is 2.14. The molecule has 3 aromatic rings. The van der Waals surface area contributed by atoms with Crippen LogP contribution in [0.25, 0.3) is 11.0 Å². The number of nitrogens with one attached hydrogen (secondary N) is 1. The molecule has 0 bridgehead atoms. The third kappa shape index (κ3) is 3.40. The van der Waals surface area contributed by atoms with E-state index in [0.29, 0.717) is 10.0 Å². The minimum absolute atomic E-state index is 0.0835. The van der Waals surface area contributed by atoms with E-state index in [1.165, 1.54) is 0 Å². The van der Waals surface area contributed by atoms with Gasteiger partial charge in [-0.05, 0) is 43.7 Å². The molecule has 0 radical (unpaired) electrons. The molecule has 1 atom stereocenters. The van der Waals surface area contributed by atoms with E-state index in [1.807, 2.05) is 48.7 Å². The second kappa shape index (κ2) is 6.83. The fourth-order valence-corrected chi connectivity index (χ4v) is 3.00. The van der Waals surface area contributed by atoms with Crippen LogP contribution in [0.4, 0.5) is 0 Å². The molecular weight excluding hydrogens is 345 g/mol. The van der Waals surface area contributed by atoms with Gasteiger partial charge in [-0.2, -0.15) is 0 Å². The number of benzene rings is 2. The molecule has 1 amide bonds. The minimum Gasteiger partial charge on any atom is -0.348 e. The van der Waals surface area contributed by atoms with E-state index in [-0.39, 0.29) is 18.5 Å². The average Bonchev–Trinajstić information content (AvgIpc) is 2.86. The summed E-state index contributed by atoms with van der Waals surface area (Å²) in [4.78, 5) is 16.9. The van der Waals surface area contributed by atoms with E-state index < -0.39 is 0 Å². The van der Waals surface area contributed by atoms with Crippen molar-refractivity contribution in [3.05, 3.63) is 63.9 Å². The molecule has 0 spiro atoms. The van der Waals surface area contributed by atoms with E-state index in [1.54, 1.807) is 12.1 Å². The van der Waals surface area contributed by atoms with Gasteiger partial charge in [-0.1, -0.05) is 41.4 Å². The summed E-state index contributed by atoms with van der Waals surface area (Å²) in [5.74, 6) is 0.730. The Labute approximate surface area is 150 Å². The Bertz CT molecular complexity index is 904. The van der Waals surface area contributed by atoms with Crippen molar-refractivity contribution >= 4 is 40.1 Å². The Kier molecular flexibility index (Phi) is 4.78. The van der Waals surface area contributed by atoms with Gasteiger partial charge in [0.2, 0.25) is 5.91 Å². The maximum atomic E-state index is 12.4. The lowest BCUT2D eigenvalue weighted by atomic mass is 10.1. The van der Waals surface area contributed by atoms with Gasteiger partial charge < -0.3 is 9.88 Å². The largest absolute Gasteiger partial charge is 0.348 e. The summed E-state index contributed by atoms with van der Waals surface area (Å²) >= 11 is 12.0. The lowest BCUT2D eigenvalue weighted by molar-refractivity contribution is -0.122. The van der Waals surface area contributed by atoms with Gasteiger partial charge in [-0.15, -0.1) is 0 Å². The van der Waals surface area contributed by atoms with Crippen molar-refractivity contribution in [1.29, 1.82) is 0 Å². The van der Waals surface area contributed by atoms with E-state index >= 15 is 0 Å². The molecule has 6 heteroatoms. The molecule has 0 saturated carbocycles. The predicted octanol–water partition coefficient (Wildman–Crippen LogP) is 4.53. The SMILES string of the molecule is Cc1nc2ccccc2n1CC(=O)N[C@@H](C)c1ccc(Cl)c(Cl)c1. The number of carbonyl (C=O) groups excluding carboxylic acids is 1. The van der Waals surface area contributed by atoms with Crippen LogP contribution in [0.3, 0.4) is 0 Å². The first-order valence-corrected chi connectivity index (χ1v) is 8.37. The van der Waals surface area contributed by atoms with E-state index in [0.717, 1.165) is 22.4 Å². The highest BCUT2D eigenvalue weighted by Crippen LogP contribution is 2.25. The Balaban J connectivity index is 1.75. The molecule has 24 heavy (non-hydrogen) atoms. The van der Waals surface area contributed by atoms with Crippen molar-refractivity contribution in [3.63, 3.8) is 0 Å². The number of halogens is 2. The summed E-state index contributed by atoms with van der Waals surface area (Å²) in [6.45, 7) is 4.03. The number of hydrogen-bond donors (Lipinski definition) is 1. The zero-order valence-electron chi connectivity index (χ0n) is 13.4. The number of aromatic nitrogens is 2. The minimum atomic E-state index is -0.164. The van der Waals surface area contributed by atoms with Crippen LogP contribution in [0.5, 0.6) is 0 Å². The first kappa shape index (κ1) is 16.8. The van der Waals surface area contributed by atoms with E-state index in [4.69, 9.17) is 23.2 Å². The quantitative estimate of drug-likeness (QED) is 0.741. The molecule has 0 aliphatic rings. The topological polar surface area (TPSA) is 46.9 Å². The van der Waals surface area contributed by atoms with Crippen LogP contribution < -0.4 is 5.32 Å². The number of amides is 1. The molecule has 2 aromatic carbocycles. The summed E-state index contributed by atoms with van der Waals surface area (Å²) in [5, 5.41) is 3.96. The van der Waals surface area contributed by atoms with Gasteiger partial charge in [0.1, 0.15) is 12.4 Å². The smallest absolute Gasteiger partial charge is 0.240 e. The van der Waals surface area contributed by atoms with Gasteiger partial charge in [-0.25, -0.2) is 4.98 Å². The molecule has 0 aliphatic carbocycles. The van der Waals surface area contributed by atoms with Crippen molar-refractivity contribution in [3.8, 4) is 0 Å². The third-order valence-corrected chi connectivity index (χ3v) is 4.71. The van der Waals surface area contributed by atoms with Gasteiger partial charge >= 0.3 is 0 Å². The summed E-state index contributed by atoms with van der Waals surface area (Å²) in [5.41, 5.74) is 2.75. The van der Waals surface area contributed by atoms with Gasteiger partial charge in [0.05, 0.1) is 27.1 Å². The standard InChI is InChI=1S/C18H17Cl2N3O/c1-11(13-7-8-14(19)15(20)9-13)21-18(24)10-23-12(2)22-16-5-3-4-6-17(16)23/h3-9,11H,10H2,1-2H3,(H,21,24)/t11-/m0/s1. The number of aryl methyl sites for hydroxylation is 1. The predicted molar refractivity (Wildman–Crippen MR) is 97.5 cm³/mol.